The van der Waals surface area contributed by atoms with Crippen molar-refractivity contribution in [1.82, 2.24) is 0 Å². The van der Waals surface area contributed by atoms with Crippen LogP contribution in [-0.4, -0.2) is 19.9 Å². The molecular weight excluding hydrogens is 373 g/mol. The van der Waals surface area contributed by atoms with Crippen molar-refractivity contribution in [2.45, 2.75) is 26.2 Å². The number of fused-ring (bicyclic) bond motifs is 1. The van der Waals surface area contributed by atoms with E-state index in [0.29, 0.717) is 6.61 Å². The molecule has 2 aromatic carbocycles. The van der Waals surface area contributed by atoms with Crippen LogP contribution in [0.4, 0.5) is 11.4 Å². The smallest absolute Gasteiger partial charge is 0.209 e. The first-order chi connectivity index (χ1) is 12.9. The molecule has 27 heavy (non-hydrogen) atoms. The number of likely N-dealkylation sites (N-methyl/N-ethyl adjacent to an activating group) is 1. The molecule has 0 aliphatic carbocycles. The molecule has 4 nitrogen and oxygen atoms in total. The SMILES string of the molecule is CCO[P@@]1(=S)/C(=C2\N(C)c3ccccc3C2(C)C)C=NN1c1ccccc1. The van der Waals surface area contributed by atoms with Gasteiger partial charge in [0.1, 0.15) is 0 Å². The lowest BCUT2D eigenvalue weighted by molar-refractivity contribution is 0.379. The van der Waals surface area contributed by atoms with Gasteiger partial charge in [-0.05, 0) is 42.5 Å². The Bertz CT molecular complexity index is 984. The fourth-order valence-electron chi connectivity index (χ4n) is 4.08. The lowest BCUT2D eigenvalue weighted by atomic mass is 9.84. The number of para-hydroxylation sites is 2. The molecule has 2 heterocycles. The molecule has 6 heteroatoms. The molecule has 0 aromatic heterocycles. The van der Waals surface area contributed by atoms with Crippen LogP contribution in [-0.2, 0) is 21.7 Å². The van der Waals surface area contributed by atoms with Crippen molar-refractivity contribution < 1.29 is 4.52 Å². The van der Waals surface area contributed by atoms with Gasteiger partial charge in [0.15, 0.2) is 0 Å². The van der Waals surface area contributed by atoms with Crippen molar-refractivity contribution in [3.05, 3.63) is 71.2 Å². The summed E-state index contributed by atoms with van der Waals surface area (Å²) in [5, 5.41) is 5.74. The van der Waals surface area contributed by atoms with Gasteiger partial charge in [-0.2, -0.15) is 5.10 Å². The van der Waals surface area contributed by atoms with Gasteiger partial charge in [0, 0.05) is 23.8 Å². The van der Waals surface area contributed by atoms with E-state index in [2.05, 4.69) is 50.1 Å². The van der Waals surface area contributed by atoms with Crippen molar-refractivity contribution in [3.63, 3.8) is 0 Å². The van der Waals surface area contributed by atoms with Gasteiger partial charge >= 0.3 is 0 Å². The van der Waals surface area contributed by atoms with Gasteiger partial charge < -0.3 is 9.42 Å². The molecular formula is C21H24N3OPS. The van der Waals surface area contributed by atoms with E-state index in [4.69, 9.17) is 21.4 Å². The van der Waals surface area contributed by atoms with Crippen molar-refractivity contribution in [1.29, 1.82) is 0 Å². The molecule has 0 amide bonds. The van der Waals surface area contributed by atoms with Gasteiger partial charge in [-0.25, -0.2) is 4.78 Å². The summed E-state index contributed by atoms with van der Waals surface area (Å²) in [4.78, 5) is 2.26. The number of benzene rings is 2. The Labute approximate surface area is 166 Å². The maximum absolute atomic E-state index is 6.27. The minimum Gasteiger partial charge on any atom is -0.346 e. The first-order valence-corrected chi connectivity index (χ1v) is 11.8. The molecule has 0 radical (unpaired) electrons. The number of rotatable bonds is 3. The van der Waals surface area contributed by atoms with E-state index >= 15 is 0 Å². The van der Waals surface area contributed by atoms with Gasteiger partial charge in [-0.1, -0.05) is 50.2 Å². The fraction of sp³-hybridized carbons (Fsp3) is 0.286. The minimum atomic E-state index is -2.52. The molecule has 0 bridgehead atoms. The minimum absolute atomic E-state index is 0.166. The number of hydrogen-bond donors (Lipinski definition) is 0. The summed E-state index contributed by atoms with van der Waals surface area (Å²) in [6.07, 6.45) is -0.605. The summed E-state index contributed by atoms with van der Waals surface area (Å²) in [6.45, 7) is 7.05. The molecule has 0 fully saturated rings. The summed E-state index contributed by atoms with van der Waals surface area (Å²) < 4.78 is 8.18. The van der Waals surface area contributed by atoms with E-state index in [1.54, 1.807) is 0 Å². The molecule has 1 atom stereocenters. The second kappa shape index (κ2) is 6.59. The lowest BCUT2D eigenvalue weighted by Crippen LogP contribution is -2.26. The lowest BCUT2D eigenvalue weighted by Gasteiger charge is -2.32. The molecule has 2 aliphatic rings. The molecule has 2 aliphatic heterocycles. The van der Waals surface area contributed by atoms with E-state index in [1.807, 2.05) is 48.2 Å². The van der Waals surface area contributed by atoms with E-state index in [-0.39, 0.29) is 5.41 Å². The Kier molecular flexibility index (Phi) is 4.50. The topological polar surface area (TPSA) is 28.1 Å². The van der Waals surface area contributed by atoms with Crippen LogP contribution in [0.25, 0.3) is 0 Å². The average Bonchev–Trinajstić information content (AvgIpc) is 3.08. The van der Waals surface area contributed by atoms with Crippen LogP contribution in [0.1, 0.15) is 26.3 Å². The van der Waals surface area contributed by atoms with Crippen LogP contribution in [0.5, 0.6) is 0 Å². The zero-order valence-corrected chi connectivity index (χ0v) is 17.8. The molecule has 2 aromatic rings. The highest BCUT2D eigenvalue weighted by molar-refractivity contribution is 8.15. The number of anilines is 2. The van der Waals surface area contributed by atoms with Gasteiger partial charge in [-0.3, -0.25) is 0 Å². The average molecular weight is 397 g/mol. The van der Waals surface area contributed by atoms with Crippen LogP contribution >= 0.6 is 6.42 Å². The highest BCUT2D eigenvalue weighted by Crippen LogP contribution is 2.66. The van der Waals surface area contributed by atoms with Gasteiger partial charge in [0.25, 0.3) is 0 Å². The molecule has 4 rings (SSSR count). The number of allylic oxidation sites excluding steroid dienone is 2. The maximum atomic E-state index is 6.27. The summed E-state index contributed by atoms with van der Waals surface area (Å²) in [5.41, 5.74) is 4.51. The summed E-state index contributed by atoms with van der Waals surface area (Å²) in [5.74, 6) is 0. The molecule has 0 saturated carbocycles. The normalized spacial score (nSPS) is 25.9. The summed E-state index contributed by atoms with van der Waals surface area (Å²) >= 11 is 6.20. The largest absolute Gasteiger partial charge is 0.346 e. The molecule has 0 saturated heterocycles. The van der Waals surface area contributed by atoms with Crippen LogP contribution in [0.2, 0.25) is 0 Å². The van der Waals surface area contributed by atoms with Gasteiger partial charge in [0.2, 0.25) is 6.42 Å². The van der Waals surface area contributed by atoms with Crippen molar-refractivity contribution in [2.24, 2.45) is 5.10 Å². The van der Waals surface area contributed by atoms with Crippen LogP contribution in [0.3, 0.4) is 0 Å². The van der Waals surface area contributed by atoms with E-state index < -0.39 is 6.42 Å². The second-order valence-electron chi connectivity index (χ2n) is 7.24. The zero-order valence-electron chi connectivity index (χ0n) is 16.1. The third-order valence-corrected chi connectivity index (χ3v) is 8.99. The van der Waals surface area contributed by atoms with E-state index in [9.17, 15) is 0 Å². The molecule has 0 N–H and O–H groups in total. The number of hydrazone groups is 1. The van der Waals surface area contributed by atoms with Crippen LogP contribution in [0.15, 0.2) is 70.7 Å². The Hall–Kier alpha value is -1.94. The van der Waals surface area contributed by atoms with Crippen LogP contribution in [0, 0.1) is 0 Å². The third kappa shape index (κ3) is 2.68. The third-order valence-electron chi connectivity index (χ3n) is 5.24. The highest BCUT2D eigenvalue weighted by atomic mass is 32.4. The van der Waals surface area contributed by atoms with Crippen molar-refractivity contribution in [2.75, 3.05) is 23.3 Å². The molecule has 0 spiro atoms. The molecule has 140 valence electrons. The Morgan fingerprint density at radius 1 is 1.07 bits per heavy atom. The summed E-state index contributed by atoms with van der Waals surface area (Å²) in [6, 6.07) is 18.6. The Balaban J connectivity index is 1.91. The first kappa shape index (κ1) is 18.4. The number of hydrogen-bond acceptors (Lipinski definition) is 4. The van der Waals surface area contributed by atoms with E-state index in [1.165, 1.54) is 16.9 Å². The van der Waals surface area contributed by atoms with Crippen molar-refractivity contribution in [3.8, 4) is 0 Å². The van der Waals surface area contributed by atoms with Crippen molar-refractivity contribution >= 4 is 35.8 Å². The Morgan fingerprint density at radius 3 is 2.41 bits per heavy atom. The van der Waals surface area contributed by atoms with E-state index in [0.717, 1.165) is 11.0 Å². The Morgan fingerprint density at radius 2 is 1.74 bits per heavy atom. The summed E-state index contributed by atoms with van der Waals surface area (Å²) in [7, 11) is 2.11. The fourth-order valence-corrected chi connectivity index (χ4v) is 7.53. The quantitative estimate of drug-likeness (QED) is 0.642. The maximum Gasteiger partial charge on any atom is 0.209 e. The predicted octanol–water partition coefficient (Wildman–Crippen LogP) is 5.48. The first-order valence-electron chi connectivity index (χ1n) is 9.14. The molecule has 0 unspecified atom stereocenters. The van der Waals surface area contributed by atoms with Gasteiger partial charge in [0.05, 0.1) is 23.8 Å². The monoisotopic (exact) mass is 397 g/mol. The highest BCUT2D eigenvalue weighted by Gasteiger charge is 2.46. The predicted molar refractivity (Wildman–Crippen MR) is 118 cm³/mol. The van der Waals surface area contributed by atoms with Gasteiger partial charge in [-0.15, -0.1) is 0 Å². The standard InChI is InChI=1S/C21H24N3OPS/c1-5-25-26(27)19(15-22-24(26)16-11-7-6-8-12-16)20-21(2,3)17-13-9-10-14-18(17)23(20)4/h6-15H,5H2,1-4H3/b20-19-/t26-/m1/s1. The second-order valence-corrected chi connectivity index (χ2v) is 10.9. The zero-order chi connectivity index (χ0) is 19.2. The number of nitrogens with zero attached hydrogens (tertiary/aromatic N) is 3. The van der Waals surface area contributed by atoms with Crippen LogP contribution < -0.4 is 9.68 Å².